The molecule has 0 aliphatic heterocycles. The van der Waals surface area contributed by atoms with Crippen LogP contribution in [0.2, 0.25) is 0 Å². The van der Waals surface area contributed by atoms with Gasteiger partial charge in [0.1, 0.15) is 0 Å². The van der Waals surface area contributed by atoms with Crippen LogP contribution in [-0.2, 0) is 4.79 Å². The lowest BCUT2D eigenvalue weighted by Crippen LogP contribution is -2.30. The van der Waals surface area contributed by atoms with Gasteiger partial charge in [-0.2, -0.15) is 0 Å². The zero-order valence-corrected chi connectivity index (χ0v) is 9.53. The number of hydrogen-bond acceptors (Lipinski definition) is 4. The first-order valence-corrected chi connectivity index (χ1v) is 5.09. The highest BCUT2D eigenvalue weighted by atomic mass is 16.3. The molecule has 0 spiro atoms. The molecule has 1 amide bonds. The number of carbonyl (C=O) groups is 2. The molecule has 1 rings (SSSR count). The number of furan rings is 1. The molecule has 88 valence electrons. The highest BCUT2D eigenvalue weighted by molar-refractivity contribution is 5.95. The first-order chi connectivity index (χ1) is 7.63. The number of ketones is 1. The highest BCUT2D eigenvalue weighted by Crippen LogP contribution is 2.02. The minimum absolute atomic E-state index is 0.0303. The van der Waals surface area contributed by atoms with Crippen LogP contribution in [0.4, 0.5) is 0 Å². The van der Waals surface area contributed by atoms with Gasteiger partial charge in [-0.15, -0.1) is 0 Å². The Morgan fingerprint density at radius 2 is 2.25 bits per heavy atom. The van der Waals surface area contributed by atoms with E-state index in [1.165, 1.54) is 6.26 Å². The lowest BCUT2D eigenvalue weighted by atomic mass is 10.3. The van der Waals surface area contributed by atoms with Gasteiger partial charge in [0.05, 0.1) is 12.8 Å². The molecule has 0 radical (unpaired) electrons. The first-order valence-electron chi connectivity index (χ1n) is 5.09. The molecule has 0 bridgehead atoms. The fraction of sp³-hybridized carbons (Fsp3) is 0.455. The molecular formula is C11H16N2O3. The van der Waals surface area contributed by atoms with Crippen molar-refractivity contribution in [3.05, 3.63) is 24.2 Å². The van der Waals surface area contributed by atoms with Gasteiger partial charge in [0, 0.05) is 20.0 Å². The number of Topliss-reactive ketones (excluding diaryl/α,β-unsaturated/α-hetero) is 1. The van der Waals surface area contributed by atoms with Crippen LogP contribution >= 0.6 is 0 Å². The third kappa shape index (κ3) is 3.86. The number of likely N-dealkylation sites (N-methyl/N-ethyl adjacent to an activating group) is 1. The maximum Gasteiger partial charge on any atom is 0.221 e. The lowest BCUT2D eigenvalue weighted by Gasteiger charge is -2.13. The summed E-state index contributed by atoms with van der Waals surface area (Å²) in [6, 6.07) is 3.31. The molecule has 1 aromatic heterocycles. The molecule has 0 aliphatic carbocycles. The second kappa shape index (κ2) is 6.07. The molecule has 0 atom stereocenters. The van der Waals surface area contributed by atoms with E-state index in [-0.39, 0.29) is 18.2 Å². The summed E-state index contributed by atoms with van der Waals surface area (Å²) in [6.07, 6.45) is 1.86. The number of nitrogens with zero attached hydrogens (tertiary/aromatic N) is 1. The quantitative estimate of drug-likeness (QED) is 0.716. The third-order valence-electron chi connectivity index (χ3n) is 2.21. The molecule has 5 heteroatoms. The Kier molecular flexibility index (Phi) is 4.72. The Hall–Kier alpha value is -1.62. The molecule has 0 aromatic carbocycles. The standard InChI is InChI=1S/C11H16N2O3/c1-12-11(15)5-6-13(2)8-9(14)10-4-3-7-16-10/h3-4,7H,5-6,8H2,1-2H3,(H,12,15). The summed E-state index contributed by atoms with van der Waals surface area (Å²) in [7, 11) is 3.39. The van der Waals surface area contributed by atoms with E-state index in [2.05, 4.69) is 5.32 Å². The van der Waals surface area contributed by atoms with Gasteiger partial charge >= 0.3 is 0 Å². The fourth-order valence-corrected chi connectivity index (χ4v) is 1.26. The molecule has 0 saturated heterocycles. The van der Waals surface area contributed by atoms with E-state index in [1.807, 2.05) is 0 Å². The van der Waals surface area contributed by atoms with Gasteiger partial charge in [-0.3, -0.25) is 14.5 Å². The van der Waals surface area contributed by atoms with Crippen molar-refractivity contribution in [1.29, 1.82) is 0 Å². The van der Waals surface area contributed by atoms with Crippen LogP contribution in [0, 0.1) is 0 Å². The van der Waals surface area contributed by atoms with E-state index in [9.17, 15) is 9.59 Å². The Morgan fingerprint density at radius 1 is 1.50 bits per heavy atom. The summed E-state index contributed by atoms with van der Waals surface area (Å²) >= 11 is 0. The van der Waals surface area contributed by atoms with Crippen LogP contribution in [0.1, 0.15) is 17.0 Å². The van der Waals surface area contributed by atoms with Crippen molar-refractivity contribution in [2.75, 3.05) is 27.2 Å². The average Bonchev–Trinajstić information content (AvgIpc) is 2.79. The predicted octanol–water partition coefficient (Wildman–Crippen LogP) is 0.530. The third-order valence-corrected chi connectivity index (χ3v) is 2.21. The largest absolute Gasteiger partial charge is 0.461 e. The first kappa shape index (κ1) is 12.4. The zero-order valence-electron chi connectivity index (χ0n) is 9.53. The van der Waals surface area contributed by atoms with E-state index in [4.69, 9.17) is 4.42 Å². The van der Waals surface area contributed by atoms with E-state index in [1.54, 1.807) is 31.1 Å². The highest BCUT2D eigenvalue weighted by Gasteiger charge is 2.12. The molecule has 0 aliphatic rings. The lowest BCUT2D eigenvalue weighted by molar-refractivity contribution is -0.120. The Bertz CT molecular complexity index is 346. The van der Waals surface area contributed by atoms with Gasteiger partial charge in [0.2, 0.25) is 11.7 Å². The number of carbonyl (C=O) groups excluding carboxylic acids is 2. The van der Waals surface area contributed by atoms with Crippen LogP contribution < -0.4 is 5.32 Å². The number of rotatable bonds is 6. The van der Waals surface area contributed by atoms with E-state index < -0.39 is 0 Å². The molecular weight excluding hydrogens is 208 g/mol. The summed E-state index contributed by atoms with van der Waals surface area (Å²) in [6.45, 7) is 0.802. The van der Waals surface area contributed by atoms with Gasteiger partial charge in [-0.1, -0.05) is 0 Å². The monoisotopic (exact) mass is 224 g/mol. The van der Waals surface area contributed by atoms with Gasteiger partial charge in [0.15, 0.2) is 5.76 Å². The van der Waals surface area contributed by atoms with Crippen LogP contribution in [0.3, 0.4) is 0 Å². The maximum absolute atomic E-state index is 11.6. The minimum atomic E-state index is -0.0793. The Labute approximate surface area is 94.4 Å². The fourth-order valence-electron chi connectivity index (χ4n) is 1.26. The maximum atomic E-state index is 11.6. The molecule has 0 saturated carbocycles. The summed E-state index contributed by atoms with van der Waals surface area (Å²) in [5.41, 5.74) is 0. The van der Waals surface area contributed by atoms with Crippen LogP contribution in [0.25, 0.3) is 0 Å². The Morgan fingerprint density at radius 3 is 2.81 bits per heavy atom. The summed E-state index contributed by atoms with van der Waals surface area (Å²) in [5.74, 6) is 0.244. The van der Waals surface area contributed by atoms with E-state index in [0.29, 0.717) is 18.7 Å². The van der Waals surface area contributed by atoms with Gasteiger partial charge < -0.3 is 9.73 Å². The summed E-state index contributed by atoms with van der Waals surface area (Å²) in [4.78, 5) is 24.4. The van der Waals surface area contributed by atoms with Gasteiger partial charge in [-0.25, -0.2) is 0 Å². The van der Waals surface area contributed by atoms with Gasteiger partial charge in [-0.05, 0) is 19.2 Å². The number of hydrogen-bond donors (Lipinski definition) is 1. The normalized spacial score (nSPS) is 10.4. The van der Waals surface area contributed by atoms with Crippen LogP contribution in [0.15, 0.2) is 22.8 Å². The van der Waals surface area contributed by atoms with Crippen molar-refractivity contribution >= 4 is 11.7 Å². The number of amides is 1. The van der Waals surface area contributed by atoms with Crippen LogP contribution in [0.5, 0.6) is 0 Å². The van der Waals surface area contributed by atoms with Gasteiger partial charge in [0.25, 0.3) is 0 Å². The molecule has 0 fully saturated rings. The molecule has 1 aromatic rings. The molecule has 16 heavy (non-hydrogen) atoms. The zero-order chi connectivity index (χ0) is 12.0. The molecule has 0 unspecified atom stereocenters. The van der Waals surface area contributed by atoms with Crippen molar-refractivity contribution in [3.8, 4) is 0 Å². The molecule has 5 nitrogen and oxygen atoms in total. The van der Waals surface area contributed by atoms with E-state index in [0.717, 1.165) is 0 Å². The van der Waals surface area contributed by atoms with Crippen LogP contribution in [-0.4, -0.2) is 43.8 Å². The van der Waals surface area contributed by atoms with Crippen molar-refractivity contribution in [3.63, 3.8) is 0 Å². The minimum Gasteiger partial charge on any atom is -0.461 e. The second-order valence-electron chi connectivity index (χ2n) is 3.56. The smallest absolute Gasteiger partial charge is 0.221 e. The van der Waals surface area contributed by atoms with Crippen molar-refractivity contribution in [2.45, 2.75) is 6.42 Å². The average molecular weight is 224 g/mol. The number of nitrogens with one attached hydrogen (secondary N) is 1. The summed E-state index contributed by atoms with van der Waals surface area (Å²) in [5, 5.41) is 2.53. The summed E-state index contributed by atoms with van der Waals surface area (Å²) < 4.78 is 4.99. The second-order valence-corrected chi connectivity index (χ2v) is 3.56. The van der Waals surface area contributed by atoms with Crippen molar-refractivity contribution in [2.24, 2.45) is 0 Å². The topological polar surface area (TPSA) is 62.6 Å². The SMILES string of the molecule is CNC(=O)CCN(C)CC(=O)c1ccco1. The van der Waals surface area contributed by atoms with E-state index >= 15 is 0 Å². The predicted molar refractivity (Wildman–Crippen MR) is 59.2 cm³/mol. The molecule has 1 heterocycles. The molecule has 1 N–H and O–H groups in total. The van der Waals surface area contributed by atoms with Crippen molar-refractivity contribution < 1.29 is 14.0 Å². The Balaban J connectivity index is 2.32. The van der Waals surface area contributed by atoms with Crippen molar-refractivity contribution in [1.82, 2.24) is 10.2 Å².